The first-order valence-electron chi connectivity index (χ1n) is 4.47. The van der Waals surface area contributed by atoms with Gasteiger partial charge in [0.25, 0.3) is 0 Å². The molecule has 0 aliphatic heterocycles. The number of hydrogen-bond donors (Lipinski definition) is 0. The van der Waals surface area contributed by atoms with Crippen LogP contribution in [-0.4, -0.2) is 0 Å². The van der Waals surface area contributed by atoms with Crippen molar-refractivity contribution in [1.82, 2.24) is 0 Å². The monoisotopic (exact) mass is 375 g/mol. The van der Waals surface area contributed by atoms with E-state index < -0.39 is 0 Å². The van der Waals surface area contributed by atoms with E-state index in [-0.39, 0.29) is 35.3 Å². The van der Waals surface area contributed by atoms with Crippen LogP contribution < -0.4 is 9.41 Å². The van der Waals surface area contributed by atoms with Crippen LogP contribution in [-0.2, 0) is 25.8 Å². The quantitative estimate of drug-likeness (QED) is 0.370. The molecule has 1 atom stereocenters. The number of rotatable bonds is 1. The van der Waals surface area contributed by atoms with Crippen molar-refractivity contribution in [3.8, 4) is 0 Å². The Bertz CT molecular complexity index is 321. The van der Waals surface area contributed by atoms with Crippen LogP contribution in [0.15, 0.2) is 24.3 Å². The molecule has 0 saturated heterocycles. The van der Waals surface area contributed by atoms with Crippen LogP contribution in [0.5, 0.6) is 0 Å². The van der Waals surface area contributed by atoms with E-state index in [0.717, 1.165) is 0 Å². The SMILES string of the molecule is CC(C)C1[C-]=Cc2ccccc21.[F-].[F-].[Hf]. The van der Waals surface area contributed by atoms with Gasteiger partial charge in [0.05, 0.1) is 0 Å². The topological polar surface area (TPSA) is 0 Å². The summed E-state index contributed by atoms with van der Waals surface area (Å²) in [4.78, 5) is 0. The first-order chi connectivity index (χ1) is 5.79. The van der Waals surface area contributed by atoms with Gasteiger partial charge in [-0.05, 0) is 0 Å². The maximum absolute atomic E-state index is 3.40. The number of benzene rings is 1. The van der Waals surface area contributed by atoms with E-state index in [1.165, 1.54) is 11.1 Å². The van der Waals surface area contributed by atoms with Gasteiger partial charge in [0.1, 0.15) is 0 Å². The molecule has 82 valence electrons. The van der Waals surface area contributed by atoms with Crippen molar-refractivity contribution in [2.24, 2.45) is 5.92 Å². The minimum absolute atomic E-state index is 0. The predicted octanol–water partition coefficient (Wildman–Crippen LogP) is -2.74. The average molecular weight is 374 g/mol. The second kappa shape index (κ2) is 7.04. The average Bonchev–Trinajstić information content (AvgIpc) is 2.47. The zero-order valence-electron chi connectivity index (χ0n) is 8.80. The van der Waals surface area contributed by atoms with Gasteiger partial charge in [-0.2, -0.15) is 5.56 Å². The Morgan fingerprint density at radius 1 is 1.13 bits per heavy atom. The van der Waals surface area contributed by atoms with E-state index in [2.05, 4.69) is 50.3 Å². The Balaban J connectivity index is 0. The van der Waals surface area contributed by atoms with E-state index >= 15 is 0 Å². The van der Waals surface area contributed by atoms with Crippen LogP contribution in [0.25, 0.3) is 6.08 Å². The van der Waals surface area contributed by atoms with Crippen molar-refractivity contribution < 1.29 is 35.3 Å². The predicted molar refractivity (Wildman–Crippen MR) is 51.7 cm³/mol. The molecule has 0 radical (unpaired) electrons. The molecule has 15 heavy (non-hydrogen) atoms. The molecule has 0 spiro atoms. The summed E-state index contributed by atoms with van der Waals surface area (Å²) in [5.74, 6) is 1.17. The maximum atomic E-state index is 3.40. The van der Waals surface area contributed by atoms with Gasteiger partial charge < -0.3 is 9.41 Å². The molecule has 0 fully saturated rings. The second-order valence-corrected chi connectivity index (χ2v) is 3.66. The Hall–Kier alpha value is -0.310. The normalized spacial score (nSPS) is 16.1. The van der Waals surface area contributed by atoms with E-state index in [1.54, 1.807) is 0 Å². The molecule has 0 aromatic heterocycles. The first kappa shape index (κ1) is 17.1. The van der Waals surface area contributed by atoms with Crippen molar-refractivity contribution in [1.29, 1.82) is 0 Å². The summed E-state index contributed by atoms with van der Waals surface area (Å²) < 4.78 is 0. The molecule has 0 heterocycles. The molecule has 1 aromatic rings. The molecule has 1 aromatic carbocycles. The molecular formula is C12H13F2Hf-3. The minimum atomic E-state index is 0. The van der Waals surface area contributed by atoms with Gasteiger partial charge in [0.2, 0.25) is 0 Å². The number of allylic oxidation sites excluding steroid dienone is 1. The molecular weight excluding hydrogens is 361 g/mol. The molecule has 0 amide bonds. The Morgan fingerprint density at radius 3 is 2.33 bits per heavy atom. The summed E-state index contributed by atoms with van der Waals surface area (Å²) in [5, 5.41) is 0. The smallest absolute Gasteiger partial charge is 0 e. The summed E-state index contributed by atoms with van der Waals surface area (Å²) in [6, 6.07) is 8.55. The van der Waals surface area contributed by atoms with E-state index in [0.29, 0.717) is 11.8 Å². The standard InChI is InChI=1S/C12H13.2FH.Hf/c1-9(2)11-8-7-10-5-3-4-6-12(10)11;;;/h3-7,9,11H,1-2H3;2*1H;/q-1;;;/p-2. The molecule has 1 aliphatic carbocycles. The van der Waals surface area contributed by atoms with Crippen LogP contribution in [0.1, 0.15) is 30.9 Å². The van der Waals surface area contributed by atoms with Crippen molar-refractivity contribution in [2.75, 3.05) is 0 Å². The third-order valence-corrected chi connectivity index (χ3v) is 2.42. The molecule has 1 unspecified atom stereocenters. The van der Waals surface area contributed by atoms with E-state index in [4.69, 9.17) is 0 Å². The van der Waals surface area contributed by atoms with Crippen LogP contribution in [0.4, 0.5) is 0 Å². The minimum Gasteiger partial charge on any atom is -1.00 e. The summed E-state index contributed by atoms with van der Waals surface area (Å²) in [7, 11) is 0. The van der Waals surface area contributed by atoms with Crippen molar-refractivity contribution >= 4 is 6.08 Å². The first-order valence-corrected chi connectivity index (χ1v) is 4.47. The maximum Gasteiger partial charge on any atom is 0 e. The van der Waals surface area contributed by atoms with Crippen LogP contribution in [0.2, 0.25) is 0 Å². The second-order valence-electron chi connectivity index (χ2n) is 3.66. The number of halogens is 2. The molecule has 0 bridgehead atoms. The van der Waals surface area contributed by atoms with Crippen molar-refractivity contribution in [3.63, 3.8) is 0 Å². The fraction of sp³-hybridized carbons (Fsp3) is 0.333. The van der Waals surface area contributed by atoms with E-state index in [1.807, 2.05) is 0 Å². The largest absolute Gasteiger partial charge is 1.00 e. The molecule has 0 saturated carbocycles. The Morgan fingerprint density at radius 2 is 1.73 bits per heavy atom. The molecule has 2 rings (SSSR count). The van der Waals surface area contributed by atoms with Gasteiger partial charge in [-0.15, -0.1) is 11.6 Å². The van der Waals surface area contributed by atoms with Gasteiger partial charge in [0, 0.05) is 25.8 Å². The van der Waals surface area contributed by atoms with Gasteiger partial charge >= 0.3 is 0 Å². The van der Waals surface area contributed by atoms with Gasteiger partial charge in [-0.1, -0.05) is 43.9 Å². The fourth-order valence-corrected chi connectivity index (χ4v) is 1.75. The molecule has 1 aliphatic rings. The molecule has 3 heteroatoms. The van der Waals surface area contributed by atoms with Crippen LogP contribution >= 0.6 is 0 Å². The van der Waals surface area contributed by atoms with Gasteiger partial charge in [0.15, 0.2) is 0 Å². The zero-order chi connectivity index (χ0) is 8.55. The van der Waals surface area contributed by atoms with E-state index in [9.17, 15) is 0 Å². The zero-order valence-corrected chi connectivity index (χ0v) is 12.4. The summed E-state index contributed by atoms with van der Waals surface area (Å²) in [6.45, 7) is 4.49. The summed E-state index contributed by atoms with van der Waals surface area (Å²) >= 11 is 0. The molecule has 0 N–H and O–H groups in total. The molecule has 0 nitrogen and oxygen atoms in total. The fourth-order valence-electron chi connectivity index (χ4n) is 1.75. The Kier molecular flexibility index (Phi) is 8.03. The third kappa shape index (κ3) is 3.33. The van der Waals surface area contributed by atoms with Crippen molar-refractivity contribution in [3.05, 3.63) is 41.5 Å². The number of hydrogen-bond acceptors (Lipinski definition) is 0. The summed E-state index contributed by atoms with van der Waals surface area (Å²) in [5.41, 5.74) is 2.78. The van der Waals surface area contributed by atoms with Crippen LogP contribution in [0, 0.1) is 12.0 Å². The van der Waals surface area contributed by atoms with Gasteiger partial charge in [-0.3, -0.25) is 6.08 Å². The van der Waals surface area contributed by atoms with Crippen LogP contribution in [0.3, 0.4) is 0 Å². The third-order valence-electron chi connectivity index (χ3n) is 2.42. The van der Waals surface area contributed by atoms with Gasteiger partial charge in [-0.25, -0.2) is 6.08 Å². The van der Waals surface area contributed by atoms with Crippen molar-refractivity contribution in [2.45, 2.75) is 19.8 Å². The Labute approximate surface area is 108 Å². The number of fused-ring (bicyclic) bond motifs is 1. The summed E-state index contributed by atoms with van der Waals surface area (Å²) in [6.07, 6.45) is 5.51.